The molecule has 0 aliphatic carbocycles. The number of ether oxygens (including phenoxy) is 1. The topological polar surface area (TPSA) is 99.0 Å². The lowest BCUT2D eigenvalue weighted by atomic mass is 10.0. The van der Waals surface area contributed by atoms with E-state index < -0.39 is 5.97 Å². The van der Waals surface area contributed by atoms with E-state index in [1.54, 1.807) is 43.3 Å². The SMILES string of the molecule is COc1cc(N2CCC(N3CCN(C)CC3)CC2)ccc1Nc1nccc(-c2cc(C(=O)O)cn2C)n1. The first-order valence-electron chi connectivity index (χ1n) is 12.8. The Morgan fingerprint density at radius 3 is 2.49 bits per heavy atom. The van der Waals surface area contributed by atoms with Crippen molar-refractivity contribution in [1.82, 2.24) is 24.3 Å². The van der Waals surface area contributed by atoms with Gasteiger partial charge in [0.2, 0.25) is 5.95 Å². The van der Waals surface area contributed by atoms with Crippen molar-refractivity contribution in [2.24, 2.45) is 7.05 Å². The quantitative estimate of drug-likeness (QED) is 0.502. The largest absolute Gasteiger partial charge is 0.494 e. The Bertz CT molecular complexity index is 1240. The number of anilines is 3. The minimum atomic E-state index is -0.970. The van der Waals surface area contributed by atoms with Crippen LogP contribution in [0.15, 0.2) is 42.7 Å². The van der Waals surface area contributed by atoms with Gasteiger partial charge in [-0.2, -0.15) is 0 Å². The summed E-state index contributed by atoms with van der Waals surface area (Å²) in [7, 11) is 5.67. The number of carbonyl (C=O) groups is 1. The number of benzene rings is 1. The Morgan fingerprint density at radius 1 is 1.05 bits per heavy atom. The van der Waals surface area contributed by atoms with Gasteiger partial charge < -0.3 is 29.5 Å². The Morgan fingerprint density at radius 2 is 1.81 bits per heavy atom. The van der Waals surface area contributed by atoms with Crippen molar-refractivity contribution in [2.75, 3.05) is 63.6 Å². The third kappa shape index (κ3) is 5.55. The van der Waals surface area contributed by atoms with Crippen LogP contribution in [0.25, 0.3) is 11.4 Å². The number of piperidine rings is 1. The lowest BCUT2D eigenvalue weighted by molar-refractivity contribution is 0.0697. The van der Waals surface area contributed by atoms with Crippen LogP contribution in [0.2, 0.25) is 0 Å². The number of carboxylic acids is 1. The summed E-state index contributed by atoms with van der Waals surface area (Å²) in [6.07, 6.45) is 5.58. The molecule has 3 aromatic rings. The predicted octanol–water partition coefficient (Wildman–Crippen LogP) is 3.15. The van der Waals surface area contributed by atoms with Gasteiger partial charge in [-0.3, -0.25) is 4.90 Å². The summed E-state index contributed by atoms with van der Waals surface area (Å²) in [6, 6.07) is 10.2. The molecule has 0 unspecified atom stereocenters. The molecule has 10 heteroatoms. The van der Waals surface area contributed by atoms with Gasteiger partial charge in [0.15, 0.2) is 0 Å². The van der Waals surface area contributed by atoms with E-state index in [-0.39, 0.29) is 5.56 Å². The summed E-state index contributed by atoms with van der Waals surface area (Å²) in [5, 5.41) is 12.6. The fraction of sp³-hybridized carbons (Fsp3) is 0.444. The summed E-state index contributed by atoms with van der Waals surface area (Å²) in [5.74, 6) is 0.164. The molecule has 0 radical (unpaired) electrons. The predicted molar refractivity (Wildman–Crippen MR) is 144 cm³/mol. The maximum atomic E-state index is 11.3. The summed E-state index contributed by atoms with van der Waals surface area (Å²) >= 11 is 0. The number of aromatic carboxylic acids is 1. The zero-order valence-corrected chi connectivity index (χ0v) is 21.7. The molecule has 2 aliphatic heterocycles. The standard InChI is InChI=1S/C27H35N7O3/c1-31-12-14-34(15-13-31)20-7-10-33(11-8-20)21-4-5-23(25(17-21)37-3)30-27-28-9-6-22(29-27)24-16-19(26(35)36)18-32(24)2/h4-6,9,16-18,20H,7-8,10-15H2,1-3H3,(H,35,36)(H,28,29,30). The Labute approximate surface area is 217 Å². The average Bonchev–Trinajstić information content (AvgIpc) is 3.32. The number of hydrogen-bond acceptors (Lipinski definition) is 8. The number of nitrogens with zero attached hydrogens (tertiary/aromatic N) is 6. The number of piperazine rings is 1. The van der Waals surface area contributed by atoms with Crippen molar-refractivity contribution in [1.29, 1.82) is 0 Å². The Kier molecular flexibility index (Phi) is 7.29. The molecule has 0 spiro atoms. The maximum Gasteiger partial charge on any atom is 0.337 e. The minimum absolute atomic E-state index is 0.218. The molecular weight excluding hydrogens is 470 g/mol. The zero-order chi connectivity index (χ0) is 25.9. The number of rotatable bonds is 7. The second-order valence-electron chi connectivity index (χ2n) is 9.86. The number of hydrogen-bond donors (Lipinski definition) is 2. The molecule has 2 aromatic heterocycles. The number of aromatic nitrogens is 3. The van der Waals surface area contributed by atoms with E-state index in [0.29, 0.717) is 23.4 Å². The van der Waals surface area contributed by atoms with Crippen LogP contribution in [0, 0.1) is 0 Å². The van der Waals surface area contributed by atoms with E-state index in [1.807, 2.05) is 6.07 Å². The van der Waals surface area contributed by atoms with Gasteiger partial charge in [0.25, 0.3) is 0 Å². The van der Waals surface area contributed by atoms with Gasteiger partial charge in [-0.1, -0.05) is 0 Å². The fourth-order valence-electron chi connectivity index (χ4n) is 5.27. The van der Waals surface area contributed by atoms with Crippen molar-refractivity contribution in [3.63, 3.8) is 0 Å². The van der Waals surface area contributed by atoms with E-state index >= 15 is 0 Å². The summed E-state index contributed by atoms with van der Waals surface area (Å²) in [5.41, 5.74) is 3.47. The van der Waals surface area contributed by atoms with Gasteiger partial charge in [0, 0.05) is 76.5 Å². The molecule has 2 fully saturated rings. The van der Waals surface area contributed by atoms with Crippen LogP contribution in [-0.4, -0.2) is 94.9 Å². The van der Waals surface area contributed by atoms with Gasteiger partial charge in [0.1, 0.15) is 5.75 Å². The Balaban J connectivity index is 1.26. The first-order valence-corrected chi connectivity index (χ1v) is 12.8. The third-order valence-corrected chi connectivity index (χ3v) is 7.49. The molecule has 0 atom stereocenters. The third-order valence-electron chi connectivity index (χ3n) is 7.49. The molecule has 4 heterocycles. The van der Waals surface area contributed by atoms with Crippen LogP contribution in [0.5, 0.6) is 5.75 Å². The highest BCUT2D eigenvalue weighted by Crippen LogP contribution is 2.33. The maximum absolute atomic E-state index is 11.3. The molecule has 2 N–H and O–H groups in total. The molecule has 0 saturated carbocycles. The molecule has 0 bridgehead atoms. The van der Waals surface area contributed by atoms with E-state index in [2.05, 4.69) is 49.2 Å². The van der Waals surface area contributed by atoms with Gasteiger partial charge in [0.05, 0.1) is 29.7 Å². The van der Waals surface area contributed by atoms with E-state index in [0.717, 1.165) is 43.3 Å². The highest BCUT2D eigenvalue weighted by atomic mass is 16.5. The van der Waals surface area contributed by atoms with Crippen LogP contribution in [0.1, 0.15) is 23.2 Å². The van der Waals surface area contributed by atoms with Gasteiger partial charge in [-0.25, -0.2) is 14.8 Å². The summed E-state index contributed by atoms with van der Waals surface area (Å²) in [6.45, 7) is 6.73. The van der Waals surface area contributed by atoms with Crippen molar-refractivity contribution >= 4 is 23.3 Å². The van der Waals surface area contributed by atoms with Crippen LogP contribution >= 0.6 is 0 Å². The molecule has 5 rings (SSSR count). The molecule has 10 nitrogen and oxygen atoms in total. The number of methoxy groups -OCH3 is 1. The van der Waals surface area contributed by atoms with Crippen LogP contribution in [-0.2, 0) is 7.05 Å². The highest BCUT2D eigenvalue weighted by molar-refractivity contribution is 5.89. The number of likely N-dealkylation sites (N-methyl/N-ethyl adjacent to an activating group) is 1. The van der Waals surface area contributed by atoms with Crippen LogP contribution in [0.3, 0.4) is 0 Å². The van der Waals surface area contributed by atoms with Crippen molar-refractivity contribution in [3.05, 3.63) is 48.3 Å². The number of nitrogens with one attached hydrogen (secondary N) is 1. The summed E-state index contributed by atoms with van der Waals surface area (Å²) in [4.78, 5) is 27.8. The molecule has 2 aliphatic rings. The summed E-state index contributed by atoms with van der Waals surface area (Å²) < 4.78 is 7.46. The second-order valence-corrected chi connectivity index (χ2v) is 9.86. The first-order chi connectivity index (χ1) is 17.9. The smallest absolute Gasteiger partial charge is 0.337 e. The lowest BCUT2D eigenvalue weighted by Crippen LogP contribution is -2.52. The van der Waals surface area contributed by atoms with Crippen molar-refractivity contribution in [3.8, 4) is 17.1 Å². The van der Waals surface area contributed by atoms with Gasteiger partial charge >= 0.3 is 5.97 Å². The van der Waals surface area contributed by atoms with E-state index in [4.69, 9.17) is 4.74 Å². The normalized spacial score (nSPS) is 17.6. The molecule has 0 amide bonds. The van der Waals surface area contributed by atoms with E-state index in [1.165, 1.54) is 25.9 Å². The lowest BCUT2D eigenvalue weighted by Gasteiger charge is -2.42. The average molecular weight is 506 g/mol. The number of carboxylic acid groups (broad SMARTS) is 1. The number of aryl methyl sites for hydroxylation is 1. The molecule has 37 heavy (non-hydrogen) atoms. The molecule has 1 aromatic carbocycles. The van der Waals surface area contributed by atoms with E-state index in [9.17, 15) is 9.90 Å². The fourth-order valence-corrected chi connectivity index (χ4v) is 5.27. The van der Waals surface area contributed by atoms with Crippen molar-refractivity contribution < 1.29 is 14.6 Å². The van der Waals surface area contributed by atoms with Gasteiger partial charge in [-0.05, 0) is 44.2 Å². The molecule has 196 valence electrons. The zero-order valence-electron chi connectivity index (χ0n) is 21.7. The highest BCUT2D eigenvalue weighted by Gasteiger charge is 2.27. The Hall–Kier alpha value is -3.63. The minimum Gasteiger partial charge on any atom is -0.494 e. The van der Waals surface area contributed by atoms with Crippen LogP contribution in [0.4, 0.5) is 17.3 Å². The van der Waals surface area contributed by atoms with Crippen molar-refractivity contribution in [2.45, 2.75) is 18.9 Å². The molecule has 2 saturated heterocycles. The molecular formula is C27H35N7O3. The second kappa shape index (κ2) is 10.8. The monoisotopic (exact) mass is 505 g/mol. The van der Waals surface area contributed by atoms with Gasteiger partial charge in [-0.15, -0.1) is 0 Å². The first kappa shape index (κ1) is 25.0. The van der Waals surface area contributed by atoms with Crippen LogP contribution < -0.4 is 15.0 Å².